The fourth-order valence-electron chi connectivity index (χ4n) is 11.1. The highest BCUT2D eigenvalue weighted by Crippen LogP contribution is 2.68. The van der Waals surface area contributed by atoms with E-state index >= 15 is 0 Å². The van der Waals surface area contributed by atoms with Gasteiger partial charge in [0.05, 0.1) is 22.2 Å². The van der Waals surface area contributed by atoms with Crippen LogP contribution >= 0.6 is 0 Å². The maximum atomic E-state index is 7.37. The number of furan rings is 2. The molecule has 3 aliphatic carbocycles. The Hall–Kier alpha value is -7.56. The predicted molar refractivity (Wildman–Crippen MR) is 237 cm³/mol. The normalized spacial score (nSPS) is 17.3. The van der Waals surface area contributed by atoms with Gasteiger partial charge in [-0.3, -0.25) is 0 Å². The summed E-state index contributed by atoms with van der Waals surface area (Å²) < 4.78 is 20.5. The second-order valence-electron chi connectivity index (χ2n) is 16.2. The minimum atomic E-state index is -0.636. The van der Waals surface area contributed by atoms with Gasteiger partial charge in [0, 0.05) is 38.9 Å². The quantitative estimate of drug-likeness (QED) is 0.180. The molecule has 0 saturated carbocycles. The van der Waals surface area contributed by atoms with Crippen LogP contribution in [-0.2, 0) is 5.41 Å². The molecule has 14 rings (SSSR count). The van der Waals surface area contributed by atoms with Gasteiger partial charge in [-0.2, -0.15) is 0 Å². The van der Waals surface area contributed by atoms with E-state index in [2.05, 4.69) is 181 Å². The molecule has 0 radical (unpaired) electrons. The van der Waals surface area contributed by atoms with Gasteiger partial charge in [0.1, 0.15) is 34.2 Å². The van der Waals surface area contributed by atoms with Gasteiger partial charge in [-0.1, -0.05) is 133 Å². The number of nitrogens with zero attached hydrogens (tertiary/aromatic N) is 1. The first-order chi connectivity index (χ1) is 29.3. The van der Waals surface area contributed by atoms with Crippen LogP contribution in [0.4, 0.5) is 17.1 Å². The molecular weight excluding hydrogens is 723 g/mol. The first-order valence-corrected chi connectivity index (χ1v) is 20.4. The van der Waals surface area contributed by atoms with Crippen molar-refractivity contribution in [2.75, 3.05) is 4.90 Å². The molecule has 0 amide bonds. The Morgan fingerprint density at radius 1 is 0.475 bits per heavy atom. The Labute approximate surface area is 339 Å². The number of rotatable bonds is 3. The van der Waals surface area contributed by atoms with Crippen LogP contribution in [0.1, 0.15) is 33.7 Å². The summed E-state index contributed by atoms with van der Waals surface area (Å²) in [6.07, 6.45) is 8.68. The van der Waals surface area contributed by atoms with Gasteiger partial charge in [0.2, 0.25) is 0 Å². The third kappa shape index (κ3) is 3.93. The van der Waals surface area contributed by atoms with E-state index in [0.29, 0.717) is 0 Å². The van der Waals surface area contributed by atoms with Crippen LogP contribution in [0.5, 0.6) is 5.75 Å². The average Bonchev–Trinajstić information content (AvgIpc) is 4.09. The van der Waals surface area contributed by atoms with Crippen LogP contribution in [0.25, 0.3) is 66.1 Å². The van der Waals surface area contributed by atoms with Crippen molar-refractivity contribution in [3.63, 3.8) is 0 Å². The molecule has 0 bridgehead atoms. The standard InChI is InChI=1S/C55H33NO3/c1-7-20-42-33(14-1)34-15-2-8-21-43(34)55(42)44-22-9-3-16-35(44)40-31-41-37-18-5-11-25-47(37)59-54(41)53(52(40)55)56(32-28-29-49-39(30-32)36-17-4-10-24-46(36)57-49)45-23-13-27-50-51(45)38-19-6-12-26-48(38)58-50/h1-31,37,47H. The highest BCUT2D eigenvalue weighted by Gasteiger charge is 2.55. The lowest BCUT2D eigenvalue weighted by atomic mass is 9.69. The zero-order valence-electron chi connectivity index (χ0n) is 31.7. The highest BCUT2D eigenvalue weighted by molar-refractivity contribution is 6.15. The molecule has 2 aromatic heterocycles. The summed E-state index contributed by atoms with van der Waals surface area (Å²) >= 11 is 0. The molecule has 10 aromatic rings. The monoisotopic (exact) mass is 755 g/mol. The van der Waals surface area contributed by atoms with Crippen molar-refractivity contribution in [2.24, 2.45) is 0 Å². The Balaban J connectivity index is 1.20. The number of fused-ring (bicyclic) bond motifs is 19. The molecule has 3 heterocycles. The molecule has 0 saturated heterocycles. The number of anilines is 3. The van der Waals surface area contributed by atoms with Gasteiger partial charge >= 0.3 is 0 Å². The van der Waals surface area contributed by atoms with Gasteiger partial charge in [-0.15, -0.1) is 0 Å². The van der Waals surface area contributed by atoms with E-state index in [1.54, 1.807) is 0 Å². The molecule has 8 aromatic carbocycles. The molecule has 276 valence electrons. The molecule has 2 unspecified atom stereocenters. The summed E-state index contributed by atoms with van der Waals surface area (Å²) in [7, 11) is 0. The summed E-state index contributed by atoms with van der Waals surface area (Å²) in [6.45, 7) is 0. The van der Waals surface area contributed by atoms with Gasteiger partial charge < -0.3 is 18.5 Å². The number of ether oxygens (including phenoxy) is 1. The fraction of sp³-hybridized carbons (Fsp3) is 0.0545. The Morgan fingerprint density at radius 3 is 1.83 bits per heavy atom. The largest absolute Gasteiger partial charge is 0.483 e. The van der Waals surface area contributed by atoms with E-state index in [-0.39, 0.29) is 12.0 Å². The van der Waals surface area contributed by atoms with E-state index in [0.717, 1.165) is 66.7 Å². The minimum Gasteiger partial charge on any atom is -0.483 e. The first-order valence-electron chi connectivity index (χ1n) is 20.4. The zero-order chi connectivity index (χ0) is 38.4. The smallest absolute Gasteiger partial charge is 0.148 e. The molecule has 59 heavy (non-hydrogen) atoms. The minimum absolute atomic E-state index is 0.0682. The van der Waals surface area contributed by atoms with Crippen molar-refractivity contribution in [1.29, 1.82) is 0 Å². The zero-order valence-corrected chi connectivity index (χ0v) is 31.7. The molecular formula is C55H33NO3. The van der Waals surface area contributed by atoms with Crippen molar-refractivity contribution in [3.8, 4) is 28.0 Å². The van der Waals surface area contributed by atoms with Crippen molar-refractivity contribution >= 4 is 60.9 Å². The van der Waals surface area contributed by atoms with Crippen molar-refractivity contribution in [2.45, 2.75) is 17.4 Å². The molecule has 4 aliphatic rings. The van der Waals surface area contributed by atoms with E-state index in [4.69, 9.17) is 13.6 Å². The van der Waals surface area contributed by atoms with Crippen LogP contribution < -0.4 is 9.64 Å². The maximum Gasteiger partial charge on any atom is 0.148 e. The van der Waals surface area contributed by atoms with E-state index in [1.165, 1.54) is 50.1 Å². The molecule has 0 fully saturated rings. The Bertz CT molecular complexity index is 3480. The second kappa shape index (κ2) is 11.3. The highest BCUT2D eigenvalue weighted by atomic mass is 16.5. The molecule has 0 N–H and O–H groups in total. The number of hydrogen-bond acceptors (Lipinski definition) is 4. The number of hydrogen-bond donors (Lipinski definition) is 0. The Kier molecular flexibility index (Phi) is 6.04. The summed E-state index contributed by atoms with van der Waals surface area (Å²) in [5, 5.41) is 4.27. The predicted octanol–water partition coefficient (Wildman–Crippen LogP) is 14.3. The third-order valence-electron chi connectivity index (χ3n) is 13.4. The van der Waals surface area contributed by atoms with Crippen molar-refractivity contribution in [1.82, 2.24) is 0 Å². The summed E-state index contributed by atoms with van der Waals surface area (Å²) in [5.74, 6) is 0.976. The lowest BCUT2D eigenvalue weighted by Gasteiger charge is -2.37. The van der Waals surface area contributed by atoms with Crippen LogP contribution in [0, 0.1) is 0 Å². The second-order valence-corrected chi connectivity index (χ2v) is 16.2. The molecule has 1 aliphatic heterocycles. The maximum absolute atomic E-state index is 7.37. The lowest BCUT2D eigenvalue weighted by Crippen LogP contribution is -2.28. The molecule has 1 spiro atoms. The van der Waals surface area contributed by atoms with Crippen LogP contribution in [0.2, 0.25) is 0 Å². The van der Waals surface area contributed by atoms with E-state index < -0.39 is 5.41 Å². The SMILES string of the molecule is C1=CC2Oc3c(cc4c(c3N(c3ccc5oc6ccccc6c5c3)c3cccc5oc6ccccc6c35)C3(c5ccccc5-c5ccccc53)c3ccccc3-4)C2C=C1. The summed E-state index contributed by atoms with van der Waals surface area (Å²) in [5.41, 5.74) is 17.1. The molecule has 2 atom stereocenters. The van der Waals surface area contributed by atoms with Crippen molar-refractivity contribution in [3.05, 3.63) is 216 Å². The third-order valence-corrected chi connectivity index (χ3v) is 13.4. The van der Waals surface area contributed by atoms with Crippen LogP contribution in [0.3, 0.4) is 0 Å². The van der Waals surface area contributed by atoms with Gasteiger partial charge in [0.15, 0.2) is 0 Å². The van der Waals surface area contributed by atoms with Gasteiger partial charge in [-0.05, 0) is 93.6 Å². The molecule has 4 nitrogen and oxygen atoms in total. The topological polar surface area (TPSA) is 38.8 Å². The van der Waals surface area contributed by atoms with Crippen LogP contribution in [-0.4, -0.2) is 6.10 Å². The first kappa shape index (κ1) is 31.5. The van der Waals surface area contributed by atoms with Crippen molar-refractivity contribution < 1.29 is 13.6 Å². The van der Waals surface area contributed by atoms with E-state index in [1.807, 2.05) is 12.1 Å². The number of benzene rings is 8. The fourth-order valence-corrected chi connectivity index (χ4v) is 11.1. The van der Waals surface area contributed by atoms with Gasteiger partial charge in [0.25, 0.3) is 0 Å². The Morgan fingerprint density at radius 2 is 1.07 bits per heavy atom. The number of para-hydroxylation sites is 2. The van der Waals surface area contributed by atoms with Gasteiger partial charge in [-0.25, -0.2) is 0 Å². The summed E-state index contributed by atoms with van der Waals surface area (Å²) in [6, 6.07) is 59.4. The average molecular weight is 756 g/mol. The number of allylic oxidation sites excluding steroid dienone is 2. The van der Waals surface area contributed by atoms with E-state index in [9.17, 15) is 0 Å². The van der Waals surface area contributed by atoms with Crippen LogP contribution in [0.15, 0.2) is 197 Å². The summed E-state index contributed by atoms with van der Waals surface area (Å²) in [4.78, 5) is 2.49. The lowest BCUT2D eigenvalue weighted by molar-refractivity contribution is 0.269. The molecule has 4 heteroatoms.